The number of nitrogens with two attached hydrogens (primary N) is 1. The molecule has 0 saturated carbocycles. The van der Waals surface area contributed by atoms with Gasteiger partial charge >= 0.3 is 5.97 Å². The highest BCUT2D eigenvalue weighted by Gasteiger charge is 2.20. The lowest BCUT2D eigenvalue weighted by Crippen LogP contribution is -2.12. The molecule has 0 aliphatic carbocycles. The van der Waals surface area contributed by atoms with Crippen LogP contribution in [0.3, 0.4) is 0 Å². The fourth-order valence-corrected chi connectivity index (χ4v) is 1.72. The van der Waals surface area contributed by atoms with Crippen molar-refractivity contribution in [1.82, 2.24) is 4.98 Å². The molecule has 0 fully saturated rings. The number of pyridine rings is 1. The Labute approximate surface area is 105 Å². The Morgan fingerprint density at radius 1 is 1.65 bits per heavy atom. The van der Waals surface area contributed by atoms with Crippen LogP contribution in [0.25, 0.3) is 0 Å². The second-order valence-electron chi connectivity index (χ2n) is 3.10. The van der Waals surface area contributed by atoms with E-state index in [4.69, 9.17) is 10.5 Å². The summed E-state index contributed by atoms with van der Waals surface area (Å²) in [5.74, 6) is -0.623. The summed E-state index contributed by atoms with van der Waals surface area (Å²) in [4.78, 5) is 15.1. The maximum atomic E-state index is 12.6. The number of aromatic nitrogens is 1. The lowest BCUT2D eigenvalue weighted by atomic mass is 10.1. The summed E-state index contributed by atoms with van der Waals surface area (Å²) in [5, 5.41) is 0. The lowest BCUT2D eigenvalue weighted by molar-refractivity contribution is 0.0523. The van der Waals surface area contributed by atoms with E-state index in [1.807, 2.05) is 0 Å². The van der Waals surface area contributed by atoms with E-state index in [0.29, 0.717) is 0 Å². The number of ether oxygens (including phenoxy) is 1. The van der Waals surface area contributed by atoms with E-state index in [1.165, 1.54) is 6.07 Å². The number of hydrogen-bond donors (Lipinski definition) is 1. The molecule has 0 bridgehead atoms. The molecule has 0 atom stereocenters. The topological polar surface area (TPSA) is 65.2 Å². The summed E-state index contributed by atoms with van der Waals surface area (Å²) in [6.07, 6.45) is -2.74. The number of alkyl halides is 2. The third-order valence-electron chi connectivity index (χ3n) is 2.01. The predicted molar refractivity (Wildman–Crippen MR) is 60.7 cm³/mol. The highest BCUT2D eigenvalue weighted by molar-refractivity contribution is 9.10. The van der Waals surface area contributed by atoms with Crippen LogP contribution in [0.15, 0.2) is 10.7 Å². The fraction of sp³-hybridized carbons (Fsp3) is 0.400. The first-order chi connectivity index (χ1) is 8.01. The van der Waals surface area contributed by atoms with Gasteiger partial charge in [-0.3, -0.25) is 0 Å². The zero-order chi connectivity index (χ0) is 13.0. The molecule has 17 heavy (non-hydrogen) atoms. The first-order valence-corrected chi connectivity index (χ1v) is 5.65. The number of rotatable bonds is 4. The Morgan fingerprint density at radius 2 is 2.29 bits per heavy atom. The van der Waals surface area contributed by atoms with Gasteiger partial charge in [0.2, 0.25) is 0 Å². The molecule has 2 N–H and O–H groups in total. The minimum Gasteiger partial charge on any atom is -0.462 e. The maximum Gasteiger partial charge on any atom is 0.340 e. The summed E-state index contributed by atoms with van der Waals surface area (Å²) in [5.41, 5.74) is 5.14. The SMILES string of the molecule is CCOC(=O)c1cc(CN)c(C(F)F)nc1Br. The molecule has 1 rings (SSSR count). The summed E-state index contributed by atoms with van der Waals surface area (Å²) in [6, 6.07) is 1.27. The Hall–Kier alpha value is -1.08. The maximum absolute atomic E-state index is 12.6. The van der Waals surface area contributed by atoms with Crippen LogP contribution in [0, 0.1) is 0 Å². The van der Waals surface area contributed by atoms with Gasteiger partial charge in [0.1, 0.15) is 10.3 Å². The Bertz CT molecular complexity index is 427. The van der Waals surface area contributed by atoms with Crippen molar-refractivity contribution in [3.63, 3.8) is 0 Å². The van der Waals surface area contributed by atoms with Crippen LogP contribution in [0.4, 0.5) is 8.78 Å². The predicted octanol–water partition coefficient (Wildman–Crippen LogP) is 2.42. The molecular weight excluding hydrogens is 298 g/mol. The average molecular weight is 309 g/mol. The summed E-state index contributed by atoms with van der Waals surface area (Å²) in [6.45, 7) is 1.72. The average Bonchev–Trinajstić information content (AvgIpc) is 2.28. The van der Waals surface area contributed by atoms with Crippen LogP contribution in [0.5, 0.6) is 0 Å². The van der Waals surface area contributed by atoms with Gasteiger partial charge in [-0.25, -0.2) is 18.6 Å². The van der Waals surface area contributed by atoms with Gasteiger partial charge < -0.3 is 10.5 Å². The van der Waals surface area contributed by atoms with E-state index < -0.39 is 18.1 Å². The third kappa shape index (κ3) is 3.19. The van der Waals surface area contributed by atoms with Crippen LogP contribution in [-0.2, 0) is 11.3 Å². The first-order valence-electron chi connectivity index (χ1n) is 4.85. The van der Waals surface area contributed by atoms with E-state index in [9.17, 15) is 13.6 Å². The molecular formula is C10H11BrF2N2O2. The molecule has 1 aromatic heterocycles. The Kier molecular flexibility index (Phi) is 4.95. The standard InChI is InChI=1S/C10H11BrF2N2O2/c1-2-17-10(16)6-3-5(4-14)7(9(12)13)15-8(6)11/h3,9H,2,4,14H2,1H3. The second kappa shape index (κ2) is 6.02. The number of nitrogens with zero attached hydrogens (tertiary/aromatic N) is 1. The molecule has 0 amide bonds. The number of carbonyl (C=O) groups excluding carboxylic acids is 1. The van der Waals surface area contributed by atoms with Crippen molar-refractivity contribution in [3.8, 4) is 0 Å². The van der Waals surface area contributed by atoms with Crippen LogP contribution in [0.1, 0.15) is 35.0 Å². The number of esters is 1. The van der Waals surface area contributed by atoms with Crippen LogP contribution >= 0.6 is 15.9 Å². The van der Waals surface area contributed by atoms with Crippen LogP contribution < -0.4 is 5.73 Å². The van der Waals surface area contributed by atoms with Crippen molar-refractivity contribution in [3.05, 3.63) is 27.5 Å². The quantitative estimate of drug-likeness (QED) is 0.685. The van der Waals surface area contributed by atoms with Gasteiger partial charge in [-0.2, -0.15) is 0 Å². The molecule has 0 radical (unpaired) electrons. The first kappa shape index (κ1) is 14.0. The van der Waals surface area contributed by atoms with Crippen molar-refractivity contribution in [1.29, 1.82) is 0 Å². The smallest absolute Gasteiger partial charge is 0.340 e. The highest BCUT2D eigenvalue weighted by Crippen LogP contribution is 2.26. The largest absolute Gasteiger partial charge is 0.462 e. The molecule has 0 spiro atoms. The minimum absolute atomic E-state index is 0.0310. The zero-order valence-corrected chi connectivity index (χ0v) is 10.6. The summed E-state index contributed by atoms with van der Waals surface area (Å²) in [7, 11) is 0. The van der Waals surface area contributed by atoms with Crippen molar-refractivity contribution in [2.75, 3.05) is 6.61 Å². The molecule has 0 aliphatic heterocycles. The molecule has 0 unspecified atom stereocenters. The van der Waals surface area contributed by atoms with Gasteiger partial charge in [-0.15, -0.1) is 0 Å². The van der Waals surface area contributed by atoms with Crippen molar-refractivity contribution in [2.45, 2.75) is 19.9 Å². The summed E-state index contributed by atoms with van der Waals surface area (Å²) < 4.78 is 30.0. The monoisotopic (exact) mass is 308 g/mol. The Morgan fingerprint density at radius 3 is 2.76 bits per heavy atom. The normalized spacial score (nSPS) is 10.7. The van der Waals surface area contributed by atoms with E-state index in [2.05, 4.69) is 20.9 Å². The Balaban J connectivity index is 3.22. The molecule has 1 aromatic rings. The van der Waals surface area contributed by atoms with Gasteiger partial charge in [-0.1, -0.05) is 0 Å². The summed E-state index contributed by atoms with van der Waals surface area (Å²) >= 11 is 2.96. The lowest BCUT2D eigenvalue weighted by Gasteiger charge is -2.10. The molecule has 4 nitrogen and oxygen atoms in total. The molecule has 0 aromatic carbocycles. The van der Waals surface area contributed by atoms with Gasteiger partial charge in [-0.05, 0) is 34.5 Å². The van der Waals surface area contributed by atoms with E-state index in [1.54, 1.807) is 6.92 Å². The van der Waals surface area contributed by atoms with Gasteiger partial charge in [0.05, 0.1) is 12.2 Å². The van der Waals surface area contributed by atoms with Crippen LogP contribution in [-0.4, -0.2) is 17.6 Å². The molecule has 94 valence electrons. The van der Waals surface area contributed by atoms with Crippen molar-refractivity contribution < 1.29 is 18.3 Å². The van der Waals surface area contributed by atoms with Gasteiger partial charge in [0.15, 0.2) is 0 Å². The number of halogens is 3. The van der Waals surface area contributed by atoms with Crippen molar-refractivity contribution >= 4 is 21.9 Å². The number of carbonyl (C=O) groups is 1. The third-order valence-corrected chi connectivity index (χ3v) is 2.61. The van der Waals surface area contributed by atoms with Gasteiger partial charge in [0.25, 0.3) is 6.43 Å². The van der Waals surface area contributed by atoms with E-state index in [-0.39, 0.29) is 28.9 Å². The molecule has 0 aliphatic rings. The van der Waals surface area contributed by atoms with Crippen molar-refractivity contribution in [2.24, 2.45) is 5.73 Å². The fourth-order valence-electron chi connectivity index (χ4n) is 1.25. The van der Waals surface area contributed by atoms with Crippen LogP contribution in [0.2, 0.25) is 0 Å². The molecule has 0 saturated heterocycles. The minimum atomic E-state index is -2.74. The number of hydrogen-bond acceptors (Lipinski definition) is 4. The molecule has 7 heteroatoms. The van der Waals surface area contributed by atoms with E-state index in [0.717, 1.165) is 0 Å². The highest BCUT2D eigenvalue weighted by atomic mass is 79.9. The van der Waals surface area contributed by atoms with Gasteiger partial charge in [0, 0.05) is 6.54 Å². The zero-order valence-electron chi connectivity index (χ0n) is 9.04. The molecule has 1 heterocycles. The van der Waals surface area contributed by atoms with E-state index >= 15 is 0 Å². The second-order valence-corrected chi connectivity index (χ2v) is 3.85.